The Bertz CT molecular complexity index is 511. The predicted octanol–water partition coefficient (Wildman–Crippen LogP) is 1.89. The van der Waals surface area contributed by atoms with Crippen molar-refractivity contribution < 1.29 is 0 Å². The zero-order valence-corrected chi connectivity index (χ0v) is 10.8. The smallest absolute Gasteiger partial charge is 0.113 e. The number of nitrogens with zero attached hydrogens (tertiary/aromatic N) is 3. The number of aromatic nitrogens is 3. The molecule has 0 spiro atoms. The summed E-state index contributed by atoms with van der Waals surface area (Å²) in [6.07, 6.45) is 8.62. The Hall–Kier alpha value is -1.55. The van der Waals surface area contributed by atoms with E-state index < -0.39 is 0 Å². The summed E-state index contributed by atoms with van der Waals surface area (Å²) < 4.78 is 4.45. The van der Waals surface area contributed by atoms with Crippen LogP contribution in [-0.2, 0) is 20.1 Å². The van der Waals surface area contributed by atoms with E-state index in [1.54, 1.807) is 0 Å². The third-order valence-electron chi connectivity index (χ3n) is 3.81. The number of fused-ring (bicyclic) bond motifs is 1. The molecule has 0 fully saturated rings. The first-order chi connectivity index (χ1) is 8.84. The van der Waals surface area contributed by atoms with Gasteiger partial charge in [0.05, 0.1) is 0 Å². The Labute approximate surface area is 108 Å². The molecule has 3 heterocycles. The quantitative estimate of drug-likeness (QED) is 0.891. The van der Waals surface area contributed by atoms with Crippen LogP contribution in [0.25, 0.3) is 0 Å². The van der Waals surface area contributed by atoms with Crippen LogP contribution in [0.3, 0.4) is 0 Å². The average Bonchev–Trinajstić information content (AvgIpc) is 2.99. The second-order valence-electron chi connectivity index (χ2n) is 5.06. The van der Waals surface area contributed by atoms with Gasteiger partial charge < -0.3 is 14.5 Å². The molecule has 0 saturated carbocycles. The molecule has 1 N–H and O–H groups in total. The molecule has 0 aliphatic carbocycles. The fourth-order valence-electron chi connectivity index (χ4n) is 2.75. The summed E-state index contributed by atoms with van der Waals surface area (Å²) in [5, 5.41) is 3.55. The molecular weight excluding hydrogens is 224 g/mol. The number of rotatable bonds is 4. The van der Waals surface area contributed by atoms with E-state index in [1.165, 1.54) is 24.4 Å². The van der Waals surface area contributed by atoms with Crippen molar-refractivity contribution in [2.24, 2.45) is 7.05 Å². The normalized spacial score (nSPS) is 18.8. The van der Waals surface area contributed by atoms with E-state index in [-0.39, 0.29) is 0 Å². The number of aryl methyl sites for hydroxylation is 2. The lowest BCUT2D eigenvalue weighted by molar-refractivity contribution is 0.421. The van der Waals surface area contributed by atoms with Gasteiger partial charge in [0, 0.05) is 56.9 Å². The molecular formula is C14H20N4. The second-order valence-corrected chi connectivity index (χ2v) is 5.06. The number of hydrogen-bond donors (Lipinski definition) is 1. The highest BCUT2D eigenvalue weighted by Gasteiger charge is 2.20. The van der Waals surface area contributed by atoms with Crippen molar-refractivity contribution in [3.8, 4) is 0 Å². The van der Waals surface area contributed by atoms with E-state index in [0.29, 0.717) is 5.92 Å². The maximum atomic E-state index is 4.49. The average molecular weight is 244 g/mol. The van der Waals surface area contributed by atoms with Gasteiger partial charge in [0.2, 0.25) is 0 Å². The largest absolute Gasteiger partial charge is 0.353 e. The van der Waals surface area contributed by atoms with Crippen LogP contribution in [0.4, 0.5) is 0 Å². The molecule has 2 aromatic rings. The SMILES string of the molecule is Cn1cccc1CNC[C@H]1CCCn2ccnc21. The van der Waals surface area contributed by atoms with Crippen molar-refractivity contribution in [2.75, 3.05) is 6.54 Å². The highest BCUT2D eigenvalue weighted by atomic mass is 15.1. The van der Waals surface area contributed by atoms with E-state index in [0.717, 1.165) is 19.6 Å². The molecule has 0 saturated heterocycles. The molecule has 1 aliphatic rings. The summed E-state index contributed by atoms with van der Waals surface area (Å²) >= 11 is 0. The van der Waals surface area contributed by atoms with Gasteiger partial charge in [0.25, 0.3) is 0 Å². The van der Waals surface area contributed by atoms with E-state index in [1.807, 2.05) is 6.20 Å². The molecule has 4 heteroatoms. The number of nitrogens with one attached hydrogen (secondary N) is 1. The van der Waals surface area contributed by atoms with Crippen molar-refractivity contribution in [2.45, 2.75) is 31.8 Å². The highest BCUT2D eigenvalue weighted by molar-refractivity contribution is 5.07. The second kappa shape index (κ2) is 4.98. The summed E-state index contributed by atoms with van der Waals surface area (Å²) in [5.41, 5.74) is 1.33. The Morgan fingerprint density at radius 1 is 1.44 bits per heavy atom. The molecule has 18 heavy (non-hydrogen) atoms. The topological polar surface area (TPSA) is 34.8 Å². The molecule has 1 atom stereocenters. The lowest BCUT2D eigenvalue weighted by atomic mass is 9.99. The van der Waals surface area contributed by atoms with Crippen LogP contribution in [-0.4, -0.2) is 20.7 Å². The van der Waals surface area contributed by atoms with Gasteiger partial charge >= 0.3 is 0 Å². The Morgan fingerprint density at radius 3 is 3.22 bits per heavy atom. The van der Waals surface area contributed by atoms with Gasteiger partial charge in [-0.25, -0.2) is 4.98 Å². The Morgan fingerprint density at radius 2 is 2.39 bits per heavy atom. The third kappa shape index (κ3) is 2.20. The van der Waals surface area contributed by atoms with E-state index in [4.69, 9.17) is 0 Å². The number of imidazole rings is 1. The van der Waals surface area contributed by atoms with Gasteiger partial charge in [-0.2, -0.15) is 0 Å². The Kier molecular flexibility index (Phi) is 3.19. The van der Waals surface area contributed by atoms with Crippen molar-refractivity contribution in [1.82, 2.24) is 19.4 Å². The van der Waals surface area contributed by atoms with Crippen LogP contribution in [0.2, 0.25) is 0 Å². The summed E-state index contributed by atoms with van der Waals surface area (Å²) in [6.45, 7) is 3.08. The minimum absolute atomic E-state index is 0.564. The Balaban J connectivity index is 1.57. The standard InChI is InChI=1S/C14H20N4/c1-17-7-3-5-13(17)11-15-10-12-4-2-8-18-9-6-16-14(12)18/h3,5-7,9,12,15H,2,4,8,10-11H2,1H3/t12-/m1/s1. The zero-order valence-electron chi connectivity index (χ0n) is 10.8. The molecule has 2 aromatic heterocycles. The monoisotopic (exact) mass is 244 g/mol. The maximum absolute atomic E-state index is 4.49. The summed E-state index contributed by atoms with van der Waals surface area (Å²) in [7, 11) is 2.09. The van der Waals surface area contributed by atoms with Gasteiger partial charge in [-0.05, 0) is 25.0 Å². The first-order valence-electron chi connectivity index (χ1n) is 6.66. The molecule has 4 nitrogen and oxygen atoms in total. The van der Waals surface area contributed by atoms with Gasteiger partial charge in [-0.15, -0.1) is 0 Å². The van der Waals surface area contributed by atoms with Gasteiger partial charge in [0.15, 0.2) is 0 Å². The fraction of sp³-hybridized carbons (Fsp3) is 0.500. The zero-order chi connectivity index (χ0) is 12.4. The molecule has 0 bridgehead atoms. The van der Waals surface area contributed by atoms with Crippen LogP contribution in [0, 0.1) is 0 Å². The molecule has 96 valence electrons. The van der Waals surface area contributed by atoms with Gasteiger partial charge in [-0.3, -0.25) is 0 Å². The van der Waals surface area contributed by atoms with Gasteiger partial charge in [0.1, 0.15) is 5.82 Å². The molecule has 0 unspecified atom stereocenters. The van der Waals surface area contributed by atoms with Crippen molar-refractivity contribution in [3.05, 3.63) is 42.2 Å². The summed E-state index contributed by atoms with van der Waals surface area (Å²) in [5.74, 6) is 1.81. The minimum Gasteiger partial charge on any atom is -0.353 e. The lowest BCUT2D eigenvalue weighted by Gasteiger charge is -2.23. The summed E-state index contributed by atoms with van der Waals surface area (Å²) in [6, 6.07) is 4.25. The van der Waals surface area contributed by atoms with Crippen LogP contribution in [0.1, 0.15) is 30.3 Å². The minimum atomic E-state index is 0.564. The van der Waals surface area contributed by atoms with Gasteiger partial charge in [-0.1, -0.05) is 0 Å². The van der Waals surface area contributed by atoms with Crippen LogP contribution >= 0.6 is 0 Å². The van der Waals surface area contributed by atoms with E-state index >= 15 is 0 Å². The molecule has 0 amide bonds. The molecule has 0 aromatic carbocycles. The van der Waals surface area contributed by atoms with Crippen LogP contribution in [0.15, 0.2) is 30.7 Å². The van der Waals surface area contributed by atoms with Crippen molar-refractivity contribution in [3.63, 3.8) is 0 Å². The predicted molar refractivity (Wildman–Crippen MR) is 71.3 cm³/mol. The molecule has 3 rings (SSSR count). The summed E-state index contributed by atoms with van der Waals surface area (Å²) in [4.78, 5) is 4.49. The van der Waals surface area contributed by atoms with Crippen LogP contribution in [0.5, 0.6) is 0 Å². The third-order valence-corrected chi connectivity index (χ3v) is 3.81. The fourth-order valence-corrected chi connectivity index (χ4v) is 2.75. The number of hydrogen-bond acceptors (Lipinski definition) is 2. The van der Waals surface area contributed by atoms with E-state index in [9.17, 15) is 0 Å². The highest BCUT2D eigenvalue weighted by Crippen LogP contribution is 2.24. The maximum Gasteiger partial charge on any atom is 0.113 e. The first kappa shape index (κ1) is 11.5. The van der Waals surface area contributed by atoms with Crippen molar-refractivity contribution >= 4 is 0 Å². The molecule has 1 aliphatic heterocycles. The molecule has 0 radical (unpaired) electrons. The first-order valence-corrected chi connectivity index (χ1v) is 6.66. The van der Waals surface area contributed by atoms with Crippen LogP contribution < -0.4 is 5.32 Å². The lowest BCUT2D eigenvalue weighted by Crippen LogP contribution is -2.27. The van der Waals surface area contributed by atoms with E-state index in [2.05, 4.69) is 51.0 Å². The van der Waals surface area contributed by atoms with Crippen molar-refractivity contribution in [1.29, 1.82) is 0 Å².